The third kappa shape index (κ3) is 2.16. The highest BCUT2D eigenvalue weighted by Crippen LogP contribution is 2.19. The standard InChI is InChI=1S/C13H16N4O2/c1-5-10(18)14-6-9-7(2)11-12(15-8(9)3)17(4)16-13(11)19/h5H,1,6H2,2-4H3,(H,14,18)(H,16,19). The second kappa shape index (κ2) is 4.72. The van der Waals surface area contributed by atoms with E-state index in [1.54, 1.807) is 11.7 Å². The molecule has 0 bridgehead atoms. The monoisotopic (exact) mass is 260 g/mol. The molecule has 0 aromatic carbocycles. The molecule has 0 atom stereocenters. The van der Waals surface area contributed by atoms with Crippen molar-refractivity contribution in [2.24, 2.45) is 7.05 Å². The lowest BCUT2D eigenvalue weighted by Crippen LogP contribution is -2.21. The Morgan fingerprint density at radius 2 is 2.21 bits per heavy atom. The summed E-state index contributed by atoms with van der Waals surface area (Å²) in [6.07, 6.45) is 1.21. The molecular formula is C13H16N4O2. The molecule has 0 aliphatic heterocycles. The maximum Gasteiger partial charge on any atom is 0.273 e. The number of carbonyl (C=O) groups excluding carboxylic acids is 1. The fourth-order valence-corrected chi connectivity index (χ4v) is 2.16. The number of amides is 1. The Kier molecular flexibility index (Phi) is 3.25. The molecule has 6 nitrogen and oxygen atoms in total. The molecule has 0 unspecified atom stereocenters. The average molecular weight is 260 g/mol. The third-order valence-corrected chi connectivity index (χ3v) is 3.20. The van der Waals surface area contributed by atoms with Crippen LogP contribution >= 0.6 is 0 Å². The van der Waals surface area contributed by atoms with Gasteiger partial charge in [0.1, 0.15) is 0 Å². The summed E-state index contributed by atoms with van der Waals surface area (Å²) >= 11 is 0. The van der Waals surface area contributed by atoms with Crippen molar-refractivity contribution >= 4 is 16.9 Å². The third-order valence-electron chi connectivity index (χ3n) is 3.20. The molecule has 0 radical (unpaired) electrons. The van der Waals surface area contributed by atoms with Crippen molar-refractivity contribution in [3.63, 3.8) is 0 Å². The number of aromatic nitrogens is 3. The van der Waals surface area contributed by atoms with E-state index in [1.165, 1.54) is 6.08 Å². The number of nitrogens with zero attached hydrogens (tertiary/aromatic N) is 2. The molecule has 2 aromatic rings. The molecule has 2 rings (SSSR count). The van der Waals surface area contributed by atoms with Gasteiger partial charge in [-0.15, -0.1) is 0 Å². The van der Waals surface area contributed by atoms with Gasteiger partial charge in [0.15, 0.2) is 5.65 Å². The van der Waals surface area contributed by atoms with Crippen LogP contribution in [0, 0.1) is 13.8 Å². The Morgan fingerprint density at radius 3 is 2.84 bits per heavy atom. The number of hydrogen-bond donors (Lipinski definition) is 2. The van der Waals surface area contributed by atoms with Crippen molar-refractivity contribution in [1.29, 1.82) is 0 Å². The quantitative estimate of drug-likeness (QED) is 0.796. The Balaban J connectivity index is 2.56. The van der Waals surface area contributed by atoms with Crippen molar-refractivity contribution in [2.75, 3.05) is 0 Å². The second-order valence-electron chi connectivity index (χ2n) is 4.42. The minimum Gasteiger partial charge on any atom is -0.348 e. The average Bonchev–Trinajstić information content (AvgIpc) is 2.63. The van der Waals surface area contributed by atoms with Gasteiger partial charge in [-0.05, 0) is 31.1 Å². The molecule has 0 aliphatic rings. The molecule has 19 heavy (non-hydrogen) atoms. The zero-order valence-corrected chi connectivity index (χ0v) is 11.2. The van der Waals surface area contributed by atoms with Crippen molar-refractivity contribution in [2.45, 2.75) is 20.4 Å². The number of fused-ring (bicyclic) bond motifs is 1. The number of carbonyl (C=O) groups is 1. The summed E-state index contributed by atoms with van der Waals surface area (Å²) in [5.74, 6) is -0.249. The molecule has 2 N–H and O–H groups in total. The lowest BCUT2D eigenvalue weighted by Gasteiger charge is -2.10. The SMILES string of the molecule is C=CC(=O)NCc1c(C)nc2c(c1C)c(=O)[nH]n2C. The van der Waals surface area contributed by atoms with Crippen molar-refractivity contribution in [1.82, 2.24) is 20.1 Å². The lowest BCUT2D eigenvalue weighted by molar-refractivity contribution is -0.116. The summed E-state index contributed by atoms with van der Waals surface area (Å²) in [6, 6.07) is 0. The van der Waals surface area contributed by atoms with Gasteiger partial charge in [0, 0.05) is 19.3 Å². The van der Waals surface area contributed by atoms with Crippen LogP contribution in [0.5, 0.6) is 0 Å². The summed E-state index contributed by atoms with van der Waals surface area (Å²) in [5.41, 5.74) is 2.95. The van der Waals surface area contributed by atoms with Crippen LogP contribution in [0.3, 0.4) is 0 Å². The van der Waals surface area contributed by atoms with Gasteiger partial charge in [-0.1, -0.05) is 6.58 Å². The predicted octanol–water partition coefficient (Wildman–Crippen LogP) is 0.681. The molecule has 6 heteroatoms. The maximum absolute atomic E-state index is 11.9. The molecule has 0 saturated carbocycles. The zero-order chi connectivity index (χ0) is 14.2. The number of aryl methyl sites for hydroxylation is 3. The van der Waals surface area contributed by atoms with Crippen LogP contribution in [0.25, 0.3) is 11.0 Å². The summed E-state index contributed by atoms with van der Waals surface area (Å²) in [7, 11) is 1.74. The molecule has 2 heterocycles. The maximum atomic E-state index is 11.9. The molecule has 1 amide bonds. The van der Waals surface area contributed by atoms with E-state index >= 15 is 0 Å². The number of aromatic amines is 1. The summed E-state index contributed by atoms with van der Waals surface area (Å²) in [5, 5.41) is 5.95. The highest BCUT2D eigenvalue weighted by molar-refractivity contribution is 5.87. The number of pyridine rings is 1. The first-order valence-corrected chi connectivity index (χ1v) is 5.90. The number of H-pyrrole nitrogens is 1. The molecule has 0 fully saturated rings. The minimum atomic E-state index is -0.249. The van der Waals surface area contributed by atoms with Crippen LogP contribution < -0.4 is 10.9 Å². The fourth-order valence-electron chi connectivity index (χ4n) is 2.16. The number of hydrogen-bond acceptors (Lipinski definition) is 3. The molecular weight excluding hydrogens is 244 g/mol. The molecule has 2 aromatic heterocycles. The van der Waals surface area contributed by atoms with Gasteiger partial charge in [0.05, 0.1) is 5.39 Å². The number of nitrogens with one attached hydrogen (secondary N) is 2. The van der Waals surface area contributed by atoms with Crippen LogP contribution in [0.2, 0.25) is 0 Å². The van der Waals surface area contributed by atoms with E-state index in [0.717, 1.165) is 16.8 Å². The first-order chi connectivity index (χ1) is 8.95. The van der Waals surface area contributed by atoms with Crippen molar-refractivity contribution < 1.29 is 4.79 Å². The van der Waals surface area contributed by atoms with Crippen LogP contribution in [-0.4, -0.2) is 20.7 Å². The lowest BCUT2D eigenvalue weighted by atomic mass is 10.0. The van der Waals surface area contributed by atoms with Gasteiger partial charge in [0.25, 0.3) is 5.56 Å². The van der Waals surface area contributed by atoms with E-state index in [9.17, 15) is 9.59 Å². The summed E-state index contributed by atoms with van der Waals surface area (Å²) in [6.45, 7) is 7.46. The normalized spacial score (nSPS) is 10.7. The van der Waals surface area contributed by atoms with E-state index < -0.39 is 0 Å². The topological polar surface area (TPSA) is 79.8 Å². The first kappa shape index (κ1) is 13.1. The van der Waals surface area contributed by atoms with Gasteiger partial charge >= 0.3 is 0 Å². The van der Waals surface area contributed by atoms with Crippen LogP contribution in [0.4, 0.5) is 0 Å². The van der Waals surface area contributed by atoms with Crippen LogP contribution in [0.1, 0.15) is 16.8 Å². The van der Waals surface area contributed by atoms with Crippen LogP contribution in [0.15, 0.2) is 17.4 Å². The van der Waals surface area contributed by atoms with Crippen molar-refractivity contribution in [3.05, 3.63) is 39.8 Å². The van der Waals surface area contributed by atoms with E-state index in [0.29, 0.717) is 17.6 Å². The highest BCUT2D eigenvalue weighted by Gasteiger charge is 2.15. The fraction of sp³-hybridized carbons (Fsp3) is 0.308. The first-order valence-electron chi connectivity index (χ1n) is 5.90. The molecule has 0 aliphatic carbocycles. The van der Waals surface area contributed by atoms with Crippen LogP contribution in [-0.2, 0) is 18.4 Å². The molecule has 100 valence electrons. The highest BCUT2D eigenvalue weighted by atomic mass is 16.1. The van der Waals surface area contributed by atoms with Gasteiger partial charge < -0.3 is 5.32 Å². The Morgan fingerprint density at radius 1 is 1.53 bits per heavy atom. The van der Waals surface area contributed by atoms with Crippen molar-refractivity contribution in [3.8, 4) is 0 Å². The predicted molar refractivity (Wildman–Crippen MR) is 72.9 cm³/mol. The molecule has 0 spiro atoms. The van der Waals surface area contributed by atoms with E-state index in [2.05, 4.69) is 22.0 Å². The summed E-state index contributed by atoms with van der Waals surface area (Å²) in [4.78, 5) is 27.5. The van der Waals surface area contributed by atoms with E-state index in [1.807, 2.05) is 13.8 Å². The molecule has 0 saturated heterocycles. The minimum absolute atomic E-state index is 0.168. The van der Waals surface area contributed by atoms with Gasteiger partial charge in [0.2, 0.25) is 5.91 Å². The summed E-state index contributed by atoms with van der Waals surface area (Å²) < 4.78 is 1.60. The second-order valence-corrected chi connectivity index (χ2v) is 4.42. The smallest absolute Gasteiger partial charge is 0.273 e. The van der Waals surface area contributed by atoms with Gasteiger partial charge in [-0.2, -0.15) is 0 Å². The Hall–Kier alpha value is -2.37. The Labute approximate surface area is 110 Å². The zero-order valence-electron chi connectivity index (χ0n) is 11.2. The van der Waals surface area contributed by atoms with E-state index in [4.69, 9.17) is 0 Å². The van der Waals surface area contributed by atoms with Gasteiger partial charge in [-0.3, -0.25) is 19.4 Å². The van der Waals surface area contributed by atoms with E-state index in [-0.39, 0.29) is 11.5 Å². The Bertz CT molecular complexity index is 724. The number of rotatable bonds is 3. The largest absolute Gasteiger partial charge is 0.348 e. The van der Waals surface area contributed by atoms with Gasteiger partial charge in [-0.25, -0.2) is 4.98 Å².